The molecule has 1 amide bonds. The van der Waals surface area contributed by atoms with E-state index in [1.165, 1.54) is 12.4 Å². The van der Waals surface area contributed by atoms with Crippen molar-refractivity contribution < 1.29 is 4.79 Å². The Balaban J connectivity index is 2.02. The van der Waals surface area contributed by atoms with Gasteiger partial charge < -0.3 is 4.90 Å². The molecule has 1 aromatic rings. The molecule has 1 aromatic heterocycles. The fraction of sp³-hybridized carbons (Fsp3) is 0.500. The van der Waals surface area contributed by atoms with Gasteiger partial charge >= 0.3 is 0 Å². The molecule has 1 aliphatic heterocycles. The molecular formula is C10H14N4O. The Kier molecular flexibility index (Phi) is 2.80. The van der Waals surface area contributed by atoms with Gasteiger partial charge in [0.1, 0.15) is 12.7 Å². The molecule has 0 spiro atoms. The highest BCUT2D eigenvalue weighted by molar-refractivity contribution is 5.87. The van der Waals surface area contributed by atoms with E-state index >= 15 is 0 Å². The number of carbonyl (C=O) groups is 1. The van der Waals surface area contributed by atoms with Gasteiger partial charge in [-0.05, 0) is 18.9 Å². The second-order valence-electron chi connectivity index (χ2n) is 3.65. The molecule has 2 rings (SSSR count). The largest absolute Gasteiger partial charge is 0.334 e. The van der Waals surface area contributed by atoms with Gasteiger partial charge in [-0.25, -0.2) is 4.98 Å². The van der Waals surface area contributed by atoms with Crippen LogP contribution in [0, 0.1) is 0 Å². The van der Waals surface area contributed by atoms with Crippen LogP contribution in [-0.2, 0) is 11.3 Å². The Morgan fingerprint density at radius 2 is 2.53 bits per heavy atom. The number of hydrogen-bond donors (Lipinski definition) is 0. The maximum absolute atomic E-state index is 11.5. The van der Waals surface area contributed by atoms with Gasteiger partial charge in [-0.2, -0.15) is 5.10 Å². The molecule has 0 aliphatic carbocycles. The van der Waals surface area contributed by atoms with Crippen LogP contribution in [0.5, 0.6) is 0 Å². The van der Waals surface area contributed by atoms with Crippen molar-refractivity contribution in [1.82, 2.24) is 19.7 Å². The van der Waals surface area contributed by atoms with Gasteiger partial charge in [-0.3, -0.25) is 9.48 Å². The van der Waals surface area contributed by atoms with Gasteiger partial charge in [0, 0.05) is 6.54 Å². The molecule has 80 valence electrons. The summed E-state index contributed by atoms with van der Waals surface area (Å²) in [6, 6.07) is 0.234. The van der Waals surface area contributed by atoms with Crippen molar-refractivity contribution in [3.05, 3.63) is 25.3 Å². The molecule has 0 radical (unpaired) electrons. The first-order chi connectivity index (χ1) is 7.31. The van der Waals surface area contributed by atoms with E-state index in [-0.39, 0.29) is 11.9 Å². The molecule has 1 aliphatic rings. The maximum atomic E-state index is 11.5. The molecule has 5 heteroatoms. The first-order valence-corrected chi connectivity index (χ1v) is 5.06. The minimum Gasteiger partial charge on any atom is -0.334 e. The van der Waals surface area contributed by atoms with E-state index in [2.05, 4.69) is 16.7 Å². The lowest BCUT2D eigenvalue weighted by atomic mass is 10.2. The predicted octanol–water partition coefficient (Wildman–Crippen LogP) is 0.455. The molecule has 0 bridgehead atoms. The molecule has 0 N–H and O–H groups in total. The quantitative estimate of drug-likeness (QED) is 0.675. The molecule has 1 unspecified atom stereocenters. The summed E-state index contributed by atoms with van der Waals surface area (Å²) in [5.41, 5.74) is 0. The Bertz CT molecular complexity index is 346. The first-order valence-electron chi connectivity index (χ1n) is 5.06. The summed E-state index contributed by atoms with van der Waals surface area (Å²) in [7, 11) is 0. The van der Waals surface area contributed by atoms with Crippen molar-refractivity contribution in [2.24, 2.45) is 0 Å². The van der Waals surface area contributed by atoms with Gasteiger partial charge in [0.15, 0.2) is 0 Å². The third kappa shape index (κ3) is 2.06. The fourth-order valence-electron chi connectivity index (χ4n) is 1.98. The maximum Gasteiger partial charge on any atom is 0.246 e. The van der Waals surface area contributed by atoms with Crippen LogP contribution in [0.3, 0.4) is 0 Å². The number of carbonyl (C=O) groups excluding carboxylic acids is 1. The smallest absolute Gasteiger partial charge is 0.246 e. The first kappa shape index (κ1) is 9.89. The Labute approximate surface area is 88.4 Å². The predicted molar refractivity (Wildman–Crippen MR) is 55.0 cm³/mol. The molecule has 0 aromatic carbocycles. The second kappa shape index (κ2) is 4.25. The van der Waals surface area contributed by atoms with Crippen LogP contribution >= 0.6 is 0 Å². The highest BCUT2D eigenvalue weighted by Crippen LogP contribution is 2.18. The van der Waals surface area contributed by atoms with E-state index in [0.29, 0.717) is 0 Å². The van der Waals surface area contributed by atoms with Crippen molar-refractivity contribution in [1.29, 1.82) is 0 Å². The Morgan fingerprint density at radius 3 is 3.20 bits per heavy atom. The summed E-state index contributed by atoms with van der Waals surface area (Å²) in [5, 5.41) is 4.04. The van der Waals surface area contributed by atoms with Crippen LogP contribution in [0.1, 0.15) is 12.8 Å². The number of hydrogen-bond acceptors (Lipinski definition) is 3. The fourth-order valence-corrected chi connectivity index (χ4v) is 1.98. The molecule has 1 atom stereocenters. The molecule has 5 nitrogen and oxygen atoms in total. The van der Waals surface area contributed by atoms with Gasteiger partial charge in [0.05, 0.1) is 12.6 Å². The summed E-state index contributed by atoms with van der Waals surface area (Å²) in [5.74, 6) is 0.0117. The summed E-state index contributed by atoms with van der Waals surface area (Å²) >= 11 is 0. The zero-order valence-electron chi connectivity index (χ0n) is 8.54. The number of aromatic nitrogens is 3. The van der Waals surface area contributed by atoms with E-state index < -0.39 is 0 Å². The second-order valence-corrected chi connectivity index (χ2v) is 3.65. The lowest BCUT2D eigenvalue weighted by Crippen LogP contribution is -2.37. The minimum atomic E-state index is 0.0117. The van der Waals surface area contributed by atoms with Crippen LogP contribution in [0.25, 0.3) is 0 Å². The summed E-state index contributed by atoms with van der Waals surface area (Å²) in [6.07, 6.45) is 6.64. The molecule has 0 saturated carbocycles. The number of rotatable bonds is 3. The topological polar surface area (TPSA) is 51.0 Å². The highest BCUT2D eigenvalue weighted by atomic mass is 16.2. The standard InChI is InChI=1S/C10H14N4O/c1-2-10(15)14-5-3-4-9(14)6-13-8-11-7-12-13/h2,7-9H,1,3-6H2. The van der Waals surface area contributed by atoms with Crippen LogP contribution in [0.2, 0.25) is 0 Å². The SMILES string of the molecule is C=CC(=O)N1CCCC1Cn1cncn1. The molecule has 2 heterocycles. The van der Waals surface area contributed by atoms with Crippen molar-refractivity contribution in [3.63, 3.8) is 0 Å². The number of amides is 1. The van der Waals surface area contributed by atoms with Crippen LogP contribution in [0.4, 0.5) is 0 Å². The van der Waals surface area contributed by atoms with Crippen LogP contribution in [0.15, 0.2) is 25.3 Å². The summed E-state index contributed by atoms with van der Waals surface area (Å²) in [6.45, 7) is 5.06. The average Bonchev–Trinajstić information content (AvgIpc) is 2.88. The van der Waals surface area contributed by atoms with Crippen LogP contribution in [-0.4, -0.2) is 38.2 Å². The lowest BCUT2D eigenvalue weighted by molar-refractivity contribution is -0.127. The number of nitrogens with zero attached hydrogens (tertiary/aromatic N) is 4. The lowest BCUT2D eigenvalue weighted by Gasteiger charge is -2.22. The van der Waals surface area contributed by atoms with E-state index in [0.717, 1.165) is 25.9 Å². The van der Waals surface area contributed by atoms with E-state index in [4.69, 9.17) is 0 Å². The zero-order valence-corrected chi connectivity index (χ0v) is 8.54. The van der Waals surface area contributed by atoms with Crippen molar-refractivity contribution in [3.8, 4) is 0 Å². The number of likely N-dealkylation sites (tertiary alicyclic amines) is 1. The van der Waals surface area contributed by atoms with Gasteiger partial charge in [-0.15, -0.1) is 0 Å². The molecule has 1 saturated heterocycles. The van der Waals surface area contributed by atoms with Gasteiger partial charge in [0.2, 0.25) is 5.91 Å². The molecule has 15 heavy (non-hydrogen) atoms. The van der Waals surface area contributed by atoms with Gasteiger partial charge in [0.25, 0.3) is 0 Å². The molecule has 1 fully saturated rings. The van der Waals surface area contributed by atoms with E-state index in [1.807, 2.05) is 4.90 Å². The Hall–Kier alpha value is -1.65. The summed E-state index contributed by atoms with van der Waals surface area (Å²) in [4.78, 5) is 17.3. The normalized spacial score (nSPS) is 20.5. The highest BCUT2D eigenvalue weighted by Gasteiger charge is 2.27. The third-order valence-electron chi connectivity index (χ3n) is 2.70. The summed E-state index contributed by atoms with van der Waals surface area (Å²) < 4.78 is 1.76. The third-order valence-corrected chi connectivity index (χ3v) is 2.70. The van der Waals surface area contributed by atoms with Crippen LogP contribution < -0.4 is 0 Å². The van der Waals surface area contributed by atoms with Crippen molar-refractivity contribution >= 4 is 5.91 Å². The minimum absolute atomic E-state index is 0.0117. The van der Waals surface area contributed by atoms with Gasteiger partial charge in [-0.1, -0.05) is 6.58 Å². The average molecular weight is 206 g/mol. The zero-order chi connectivity index (χ0) is 10.7. The van der Waals surface area contributed by atoms with Crippen molar-refractivity contribution in [2.75, 3.05) is 6.54 Å². The Morgan fingerprint density at radius 1 is 1.67 bits per heavy atom. The molecular weight excluding hydrogens is 192 g/mol. The van der Waals surface area contributed by atoms with E-state index in [9.17, 15) is 4.79 Å². The monoisotopic (exact) mass is 206 g/mol. The van der Waals surface area contributed by atoms with E-state index in [1.54, 1.807) is 11.0 Å². The van der Waals surface area contributed by atoms with Crippen molar-refractivity contribution in [2.45, 2.75) is 25.4 Å².